The number of nitrogens with one attached hydrogen (secondary N) is 3. The van der Waals surface area contributed by atoms with Crippen LogP contribution in [0, 0.1) is 0 Å². The molecule has 0 bridgehead atoms. The molecule has 2 aromatic heterocycles. The minimum atomic E-state index is -0.232. The Balaban J connectivity index is 0.975. The van der Waals surface area contributed by atoms with E-state index in [1.807, 2.05) is 72.8 Å². The first-order valence-electron chi connectivity index (χ1n) is 14.1. The van der Waals surface area contributed by atoms with Crippen LogP contribution < -0.4 is 16.0 Å². The average molecular weight is 669 g/mol. The standard InChI is InChI=1S/C34H23Cl2N5O4S/c35-25-7-3-1-5-23(25)29-13-21(40-44-29)17-33(42)37-19-9-11-27-31(15-19)46-32-16-20(10-12-28(32)39-27)38-34(43)18-22-14-30(45-41-22)24-6-2-4-8-26(24)36/h1-16,39H,17-18H2,(H,37,42)(H,38,43). The van der Waals surface area contributed by atoms with E-state index in [1.165, 1.54) is 11.8 Å². The van der Waals surface area contributed by atoms with Crippen LogP contribution in [0.1, 0.15) is 11.4 Å². The highest BCUT2D eigenvalue weighted by Crippen LogP contribution is 2.46. The van der Waals surface area contributed by atoms with E-state index < -0.39 is 0 Å². The molecule has 0 aliphatic carbocycles. The Kier molecular flexibility index (Phi) is 8.23. The van der Waals surface area contributed by atoms with Gasteiger partial charge in [0.05, 0.1) is 45.6 Å². The number of hydrogen-bond acceptors (Lipinski definition) is 8. The Bertz CT molecular complexity index is 1960. The molecule has 6 aromatic rings. The van der Waals surface area contributed by atoms with Crippen molar-refractivity contribution in [2.45, 2.75) is 22.6 Å². The predicted octanol–water partition coefficient (Wildman–Crippen LogP) is 8.87. The summed E-state index contributed by atoms with van der Waals surface area (Å²) in [5, 5.41) is 18.4. The first-order valence-corrected chi connectivity index (χ1v) is 15.7. The van der Waals surface area contributed by atoms with Crippen LogP contribution >= 0.6 is 35.0 Å². The Labute approximate surface area is 277 Å². The van der Waals surface area contributed by atoms with Crippen LogP contribution in [0.5, 0.6) is 0 Å². The zero-order chi connectivity index (χ0) is 31.6. The van der Waals surface area contributed by atoms with Crippen molar-refractivity contribution in [1.29, 1.82) is 0 Å². The number of carbonyl (C=O) groups excluding carboxylic acids is 2. The molecular weight excluding hydrogens is 645 g/mol. The van der Waals surface area contributed by atoms with Crippen molar-refractivity contribution in [2.75, 3.05) is 16.0 Å². The van der Waals surface area contributed by atoms with Gasteiger partial charge in [-0.1, -0.05) is 69.5 Å². The summed E-state index contributed by atoms with van der Waals surface area (Å²) < 4.78 is 10.8. The van der Waals surface area contributed by atoms with Crippen LogP contribution in [0.4, 0.5) is 22.7 Å². The van der Waals surface area contributed by atoms with Gasteiger partial charge in [0.25, 0.3) is 0 Å². The number of rotatable bonds is 8. The molecule has 0 saturated heterocycles. The van der Waals surface area contributed by atoms with Crippen molar-refractivity contribution in [2.24, 2.45) is 0 Å². The third-order valence-corrected chi connectivity index (χ3v) is 8.87. The van der Waals surface area contributed by atoms with Gasteiger partial charge in [0.2, 0.25) is 11.8 Å². The van der Waals surface area contributed by atoms with Crippen molar-refractivity contribution in [3.05, 3.63) is 118 Å². The van der Waals surface area contributed by atoms with Crippen LogP contribution in [0.25, 0.3) is 22.6 Å². The highest BCUT2D eigenvalue weighted by molar-refractivity contribution is 7.99. The molecule has 1 aliphatic heterocycles. The van der Waals surface area contributed by atoms with E-state index in [9.17, 15) is 9.59 Å². The van der Waals surface area contributed by atoms with E-state index in [1.54, 1.807) is 24.3 Å². The number of carbonyl (C=O) groups is 2. The van der Waals surface area contributed by atoms with Gasteiger partial charge in [-0.15, -0.1) is 0 Å². The molecule has 7 rings (SSSR count). The maximum absolute atomic E-state index is 12.8. The summed E-state index contributed by atoms with van der Waals surface area (Å²) in [6.07, 6.45) is 0.0793. The Morgan fingerprint density at radius 3 is 1.57 bits per heavy atom. The molecule has 9 nitrogen and oxygen atoms in total. The van der Waals surface area contributed by atoms with Crippen LogP contribution in [-0.4, -0.2) is 22.1 Å². The van der Waals surface area contributed by atoms with E-state index in [0.29, 0.717) is 55.5 Å². The second-order valence-corrected chi connectivity index (χ2v) is 12.3. The summed E-state index contributed by atoms with van der Waals surface area (Å²) in [5.41, 5.74) is 5.52. The lowest BCUT2D eigenvalue weighted by molar-refractivity contribution is -0.116. The molecule has 0 fully saturated rings. The van der Waals surface area contributed by atoms with Gasteiger partial charge in [0.1, 0.15) is 0 Å². The molecule has 2 amide bonds. The maximum Gasteiger partial charge on any atom is 0.230 e. The summed E-state index contributed by atoms with van der Waals surface area (Å²) in [7, 11) is 0. The smallest absolute Gasteiger partial charge is 0.230 e. The van der Waals surface area contributed by atoms with Gasteiger partial charge in [0.15, 0.2) is 11.5 Å². The maximum atomic E-state index is 12.8. The van der Waals surface area contributed by atoms with Gasteiger partial charge in [-0.2, -0.15) is 0 Å². The summed E-state index contributed by atoms with van der Waals surface area (Å²) in [6, 6.07) is 29.3. The molecular formula is C34H23Cl2N5O4S. The molecule has 0 unspecified atom stereocenters. The molecule has 0 radical (unpaired) electrons. The number of benzene rings is 4. The Hall–Kier alpha value is -5.03. The van der Waals surface area contributed by atoms with Gasteiger partial charge in [-0.05, 0) is 60.7 Å². The van der Waals surface area contributed by atoms with E-state index in [4.69, 9.17) is 32.2 Å². The van der Waals surface area contributed by atoms with Gasteiger partial charge in [-0.25, -0.2) is 0 Å². The lowest BCUT2D eigenvalue weighted by Gasteiger charge is -2.22. The van der Waals surface area contributed by atoms with Crippen molar-refractivity contribution in [3.8, 4) is 22.6 Å². The SMILES string of the molecule is O=C(Cc1cc(-c2ccccc2Cl)on1)Nc1ccc2c(c1)Sc1cc(NC(=O)Cc3cc(-c4ccccc4Cl)on3)ccc1N2. The van der Waals surface area contributed by atoms with E-state index >= 15 is 0 Å². The third kappa shape index (κ3) is 6.50. The quantitative estimate of drug-likeness (QED) is 0.147. The zero-order valence-corrected chi connectivity index (χ0v) is 26.2. The van der Waals surface area contributed by atoms with Crippen LogP contribution in [-0.2, 0) is 22.4 Å². The summed E-state index contributed by atoms with van der Waals surface area (Å²) >= 11 is 14.0. The van der Waals surface area contributed by atoms with Crippen molar-refractivity contribution >= 4 is 69.5 Å². The monoisotopic (exact) mass is 667 g/mol. The fraction of sp³-hybridized carbons (Fsp3) is 0.0588. The normalized spacial score (nSPS) is 11.7. The van der Waals surface area contributed by atoms with Gasteiger partial charge in [-0.3, -0.25) is 9.59 Å². The van der Waals surface area contributed by atoms with Crippen LogP contribution in [0.15, 0.2) is 116 Å². The Morgan fingerprint density at radius 1 is 0.652 bits per heavy atom. The second kappa shape index (κ2) is 12.8. The van der Waals surface area contributed by atoms with Gasteiger partial charge < -0.3 is 25.0 Å². The zero-order valence-electron chi connectivity index (χ0n) is 23.8. The molecule has 0 atom stereocenters. The molecule has 4 aromatic carbocycles. The van der Waals surface area contributed by atoms with Crippen molar-refractivity contribution in [1.82, 2.24) is 10.3 Å². The number of hydrogen-bond donors (Lipinski definition) is 3. The fourth-order valence-corrected chi connectivity index (χ4v) is 6.47. The number of fused-ring (bicyclic) bond motifs is 2. The third-order valence-electron chi connectivity index (χ3n) is 7.10. The molecule has 0 spiro atoms. The van der Waals surface area contributed by atoms with Crippen LogP contribution in [0.3, 0.4) is 0 Å². The number of aromatic nitrogens is 2. The summed E-state index contributed by atoms with van der Waals surface area (Å²) in [4.78, 5) is 27.5. The highest BCUT2D eigenvalue weighted by atomic mass is 35.5. The van der Waals surface area contributed by atoms with E-state index in [0.717, 1.165) is 21.2 Å². The summed E-state index contributed by atoms with van der Waals surface area (Å²) in [6.45, 7) is 0. The number of nitrogens with zero attached hydrogens (tertiary/aromatic N) is 2. The average Bonchev–Trinajstić information content (AvgIpc) is 3.70. The number of anilines is 4. The molecule has 3 heterocycles. The first-order chi connectivity index (χ1) is 22.4. The van der Waals surface area contributed by atoms with Gasteiger partial charge >= 0.3 is 0 Å². The highest BCUT2D eigenvalue weighted by Gasteiger charge is 2.19. The number of halogens is 2. The number of amides is 2. The minimum absolute atomic E-state index is 0.0397. The van der Waals surface area contributed by atoms with Crippen molar-refractivity contribution < 1.29 is 18.6 Å². The first kappa shape index (κ1) is 29.7. The molecule has 12 heteroatoms. The molecule has 0 saturated carbocycles. The summed E-state index contributed by atoms with van der Waals surface area (Å²) in [5.74, 6) is 0.535. The molecule has 1 aliphatic rings. The Morgan fingerprint density at radius 2 is 1.11 bits per heavy atom. The fourth-order valence-electron chi connectivity index (χ4n) is 4.94. The van der Waals surface area contributed by atoms with Crippen LogP contribution in [0.2, 0.25) is 10.0 Å². The lowest BCUT2D eigenvalue weighted by Crippen LogP contribution is -2.15. The molecule has 228 valence electrons. The van der Waals surface area contributed by atoms with Gasteiger partial charge in [0, 0.05) is 44.4 Å². The van der Waals surface area contributed by atoms with E-state index in [2.05, 4.69) is 26.3 Å². The predicted molar refractivity (Wildman–Crippen MR) is 179 cm³/mol. The molecule has 3 N–H and O–H groups in total. The van der Waals surface area contributed by atoms with E-state index in [-0.39, 0.29) is 24.7 Å². The molecule has 46 heavy (non-hydrogen) atoms. The second-order valence-electron chi connectivity index (χ2n) is 10.4. The van der Waals surface area contributed by atoms with Crippen molar-refractivity contribution in [3.63, 3.8) is 0 Å². The minimum Gasteiger partial charge on any atom is -0.356 e. The lowest BCUT2D eigenvalue weighted by atomic mass is 10.1. The topological polar surface area (TPSA) is 122 Å². The largest absolute Gasteiger partial charge is 0.356 e.